The molecule has 0 heterocycles. The van der Waals surface area contributed by atoms with E-state index in [0.717, 1.165) is 0 Å². The van der Waals surface area contributed by atoms with Gasteiger partial charge in [0, 0.05) is 0 Å². The van der Waals surface area contributed by atoms with Gasteiger partial charge >= 0.3 is 5.97 Å². The number of hydrogen-bond donors (Lipinski definition) is 2. The highest BCUT2D eigenvalue weighted by molar-refractivity contribution is 8.00. The smallest absolute Gasteiger partial charge is 0.326 e. The summed E-state index contributed by atoms with van der Waals surface area (Å²) < 4.78 is 0. The van der Waals surface area contributed by atoms with E-state index in [1.54, 1.807) is 0 Å². The number of carbonyl (C=O) groups is 2. The molecule has 0 aliphatic heterocycles. The zero-order valence-electron chi connectivity index (χ0n) is 9.40. The highest BCUT2D eigenvalue weighted by Crippen LogP contribution is 2.05. The summed E-state index contributed by atoms with van der Waals surface area (Å²) in [4.78, 5) is 22.1. The van der Waals surface area contributed by atoms with Gasteiger partial charge in [0.05, 0.1) is 17.6 Å². The zero-order chi connectivity index (χ0) is 12.6. The molecule has 16 heavy (non-hydrogen) atoms. The predicted molar refractivity (Wildman–Crippen MR) is 62.0 cm³/mol. The van der Waals surface area contributed by atoms with E-state index in [9.17, 15) is 9.59 Å². The van der Waals surface area contributed by atoms with Crippen LogP contribution in [0.1, 0.15) is 20.3 Å². The summed E-state index contributed by atoms with van der Waals surface area (Å²) in [6.45, 7) is 3.79. The van der Waals surface area contributed by atoms with Crippen molar-refractivity contribution in [3.8, 4) is 6.07 Å². The minimum absolute atomic E-state index is 0.120. The quantitative estimate of drug-likeness (QED) is 0.648. The summed E-state index contributed by atoms with van der Waals surface area (Å²) in [6.07, 6.45) is 0.407. The van der Waals surface area contributed by atoms with Gasteiger partial charge < -0.3 is 10.4 Å². The van der Waals surface area contributed by atoms with Crippen molar-refractivity contribution in [3.05, 3.63) is 0 Å². The van der Waals surface area contributed by atoms with Crippen LogP contribution in [0.3, 0.4) is 0 Å². The maximum absolute atomic E-state index is 11.3. The molecule has 0 saturated heterocycles. The number of amides is 1. The summed E-state index contributed by atoms with van der Waals surface area (Å²) in [6, 6.07) is 1.06. The first-order valence-corrected chi connectivity index (χ1v) is 6.09. The third kappa shape index (κ3) is 7.12. The van der Waals surface area contributed by atoms with E-state index in [-0.39, 0.29) is 23.3 Å². The largest absolute Gasteiger partial charge is 0.480 e. The molecule has 0 aromatic carbocycles. The second-order valence-corrected chi connectivity index (χ2v) is 4.72. The van der Waals surface area contributed by atoms with Crippen LogP contribution in [0, 0.1) is 17.2 Å². The van der Waals surface area contributed by atoms with Crippen LogP contribution in [0.2, 0.25) is 0 Å². The molecule has 0 rings (SSSR count). The van der Waals surface area contributed by atoms with E-state index in [1.165, 1.54) is 11.8 Å². The van der Waals surface area contributed by atoms with Gasteiger partial charge in [-0.25, -0.2) is 4.79 Å². The molecule has 1 amide bonds. The van der Waals surface area contributed by atoms with Gasteiger partial charge in [-0.2, -0.15) is 5.26 Å². The Hall–Kier alpha value is -1.22. The second kappa shape index (κ2) is 7.99. The highest BCUT2D eigenvalue weighted by atomic mass is 32.2. The maximum Gasteiger partial charge on any atom is 0.326 e. The fourth-order valence-corrected chi connectivity index (χ4v) is 1.58. The molecule has 1 atom stereocenters. The molecule has 1 unspecified atom stereocenters. The van der Waals surface area contributed by atoms with E-state index in [0.29, 0.717) is 6.42 Å². The van der Waals surface area contributed by atoms with E-state index >= 15 is 0 Å². The van der Waals surface area contributed by atoms with Crippen LogP contribution >= 0.6 is 11.8 Å². The summed E-state index contributed by atoms with van der Waals surface area (Å²) in [5.74, 6) is -0.807. The summed E-state index contributed by atoms with van der Waals surface area (Å²) in [5.41, 5.74) is 0. The predicted octanol–water partition coefficient (Wildman–Crippen LogP) is 0.859. The number of nitriles is 1. The molecular formula is C10H16N2O3S. The molecule has 5 nitrogen and oxygen atoms in total. The molecule has 0 spiro atoms. The Bertz CT molecular complexity index is 286. The minimum Gasteiger partial charge on any atom is -0.480 e. The van der Waals surface area contributed by atoms with Crippen molar-refractivity contribution in [1.29, 1.82) is 5.26 Å². The number of carbonyl (C=O) groups excluding carboxylic acids is 1. The monoisotopic (exact) mass is 244 g/mol. The Morgan fingerprint density at radius 2 is 2.12 bits per heavy atom. The molecule has 0 fully saturated rings. The van der Waals surface area contributed by atoms with Crippen molar-refractivity contribution >= 4 is 23.6 Å². The number of carboxylic acids is 1. The van der Waals surface area contributed by atoms with Crippen molar-refractivity contribution in [2.75, 3.05) is 11.5 Å². The first-order chi connectivity index (χ1) is 7.47. The van der Waals surface area contributed by atoms with Crippen molar-refractivity contribution in [1.82, 2.24) is 5.32 Å². The molecule has 0 aliphatic rings. The zero-order valence-corrected chi connectivity index (χ0v) is 10.2. The maximum atomic E-state index is 11.3. The lowest BCUT2D eigenvalue weighted by Gasteiger charge is -2.16. The van der Waals surface area contributed by atoms with E-state index < -0.39 is 12.0 Å². The van der Waals surface area contributed by atoms with Crippen LogP contribution in [0.5, 0.6) is 0 Å². The van der Waals surface area contributed by atoms with Gasteiger partial charge in [0.25, 0.3) is 0 Å². The third-order valence-electron chi connectivity index (χ3n) is 1.74. The molecule has 2 N–H and O–H groups in total. The highest BCUT2D eigenvalue weighted by Gasteiger charge is 2.20. The van der Waals surface area contributed by atoms with Gasteiger partial charge in [-0.1, -0.05) is 13.8 Å². The van der Waals surface area contributed by atoms with E-state index in [1.807, 2.05) is 19.9 Å². The summed E-state index contributed by atoms with van der Waals surface area (Å²) in [7, 11) is 0. The Labute approximate surface area is 99.2 Å². The van der Waals surface area contributed by atoms with Crippen LogP contribution in [0.4, 0.5) is 0 Å². The van der Waals surface area contributed by atoms with E-state index in [4.69, 9.17) is 10.4 Å². The van der Waals surface area contributed by atoms with Crippen LogP contribution in [-0.4, -0.2) is 34.5 Å². The SMILES string of the molecule is CC(C)CC(NC(=O)CSCC#N)C(=O)O. The fourth-order valence-electron chi connectivity index (χ4n) is 1.12. The fraction of sp³-hybridized carbons (Fsp3) is 0.700. The number of carboxylic acid groups (broad SMARTS) is 1. The molecule has 0 radical (unpaired) electrons. The van der Waals surface area contributed by atoms with Gasteiger partial charge in [-0.15, -0.1) is 11.8 Å². The molecule has 0 saturated carbocycles. The lowest BCUT2D eigenvalue weighted by molar-refractivity contribution is -0.141. The average molecular weight is 244 g/mol. The third-order valence-corrected chi connectivity index (χ3v) is 2.54. The van der Waals surface area contributed by atoms with Crippen molar-refractivity contribution in [2.45, 2.75) is 26.3 Å². The van der Waals surface area contributed by atoms with Crippen LogP contribution in [-0.2, 0) is 9.59 Å². The average Bonchev–Trinajstić information content (AvgIpc) is 2.16. The standard InChI is InChI=1S/C10H16N2O3S/c1-7(2)5-8(10(14)15)12-9(13)6-16-4-3-11/h7-8H,4-6H2,1-2H3,(H,12,13)(H,14,15). The number of hydrogen-bond acceptors (Lipinski definition) is 4. The van der Waals surface area contributed by atoms with Crippen molar-refractivity contribution in [2.24, 2.45) is 5.92 Å². The minimum atomic E-state index is -1.02. The number of nitrogens with one attached hydrogen (secondary N) is 1. The van der Waals surface area contributed by atoms with Gasteiger partial charge in [0.15, 0.2) is 0 Å². The molecular weight excluding hydrogens is 228 g/mol. The molecule has 6 heteroatoms. The van der Waals surface area contributed by atoms with Gasteiger partial charge in [-0.3, -0.25) is 4.79 Å². The first-order valence-electron chi connectivity index (χ1n) is 4.94. The molecule has 0 aliphatic carbocycles. The molecule has 90 valence electrons. The summed E-state index contributed by atoms with van der Waals surface area (Å²) >= 11 is 1.17. The lowest BCUT2D eigenvalue weighted by atomic mass is 10.0. The Morgan fingerprint density at radius 3 is 2.56 bits per heavy atom. The Morgan fingerprint density at radius 1 is 1.50 bits per heavy atom. The normalized spacial score (nSPS) is 11.9. The van der Waals surface area contributed by atoms with Crippen LogP contribution in [0.25, 0.3) is 0 Å². The molecule has 0 aromatic rings. The molecule has 0 aromatic heterocycles. The van der Waals surface area contributed by atoms with Crippen LogP contribution in [0.15, 0.2) is 0 Å². The van der Waals surface area contributed by atoms with Crippen molar-refractivity contribution in [3.63, 3.8) is 0 Å². The molecule has 0 bridgehead atoms. The number of thioether (sulfide) groups is 1. The topological polar surface area (TPSA) is 90.2 Å². The summed E-state index contributed by atoms with van der Waals surface area (Å²) in [5, 5.41) is 19.6. The van der Waals surface area contributed by atoms with E-state index in [2.05, 4.69) is 5.32 Å². The number of aliphatic carboxylic acids is 1. The van der Waals surface area contributed by atoms with Crippen LogP contribution < -0.4 is 5.32 Å². The first kappa shape index (κ1) is 14.8. The van der Waals surface area contributed by atoms with Gasteiger partial charge in [0.2, 0.25) is 5.91 Å². The Kier molecular flexibility index (Phi) is 7.38. The van der Waals surface area contributed by atoms with Crippen molar-refractivity contribution < 1.29 is 14.7 Å². The second-order valence-electron chi connectivity index (χ2n) is 3.74. The lowest BCUT2D eigenvalue weighted by Crippen LogP contribution is -2.42. The van der Waals surface area contributed by atoms with Gasteiger partial charge in [0.1, 0.15) is 6.04 Å². The number of nitrogens with zero attached hydrogens (tertiary/aromatic N) is 1. The Balaban J connectivity index is 4.04. The number of rotatable bonds is 7. The van der Waals surface area contributed by atoms with Gasteiger partial charge in [-0.05, 0) is 12.3 Å².